The van der Waals surface area contributed by atoms with E-state index in [2.05, 4.69) is 20.9 Å². The van der Waals surface area contributed by atoms with Crippen LogP contribution in [0.3, 0.4) is 0 Å². The molecule has 0 spiro atoms. The van der Waals surface area contributed by atoms with E-state index in [9.17, 15) is 9.90 Å². The fourth-order valence-corrected chi connectivity index (χ4v) is 2.72. The molecule has 0 aliphatic carbocycles. The summed E-state index contributed by atoms with van der Waals surface area (Å²) in [5.74, 6) is -0.394. The summed E-state index contributed by atoms with van der Waals surface area (Å²) >= 11 is 4.69. The minimum Gasteiger partial charge on any atom is -0.494 e. The van der Waals surface area contributed by atoms with Crippen molar-refractivity contribution >= 4 is 27.3 Å². The van der Waals surface area contributed by atoms with Crippen LogP contribution in [0.1, 0.15) is 5.56 Å². The second-order valence-electron chi connectivity index (χ2n) is 2.99. The molecule has 0 aromatic carbocycles. The lowest BCUT2D eigenvalue weighted by Crippen LogP contribution is -2.05. The number of aromatic hydroxyl groups is 1. The fraction of sp³-hybridized carbons (Fsp3) is 0. The van der Waals surface area contributed by atoms with Gasteiger partial charge in [-0.25, -0.2) is 0 Å². The van der Waals surface area contributed by atoms with Crippen molar-refractivity contribution in [3.05, 3.63) is 37.9 Å². The van der Waals surface area contributed by atoms with E-state index < -0.39 is 11.4 Å². The van der Waals surface area contributed by atoms with Gasteiger partial charge in [-0.15, -0.1) is 11.3 Å². The number of aromatic nitrogens is 1. The SMILES string of the molecule is N#Cc1c(-c2ccc(Br)s2)cc(=O)[nH]c1O. The molecule has 2 aromatic heterocycles. The summed E-state index contributed by atoms with van der Waals surface area (Å²) in [5, 5.41) is 18.4. The molecule has 0 bridgehead atoms. The maximum absolute atomic E-state index is 11.2. The quantitative estimate of drug-likeness (QED) is 0.848. The first-order valence-corrected chi connectivity index (χ1v) is 5.85. The molecule has 4 nitrogen and oxygen atoms in total. The van der Waals surface area contributed by atoms with Crippen LogP contribution in [0, 0.1) is 11.3 Å². The molecule has 2 heterocycles. The van der Waals surface area contributed by atoms with Gasteiger partial charge in [-0.1, -0.05) is 0 Å². The molecule has 0 amide bonds. The molecule has 0 saturated heterocycles. The Morgan fingerprint density at radius 2 is 2.25 bits per heavy atom. The van der Waals surface area contributed by atoms with Gasteiger partial charge in [0.05, 0.1) is 3.79 Å². The largest absolute Gasteiger partial charge is 0.494 e. The number of pyridine rings is 1. The molecule has 0 unspecified atom stereocenters. The van der Waals surface area contributed by atoms with Gasteiger partial charge in [0.25, 0.3) is 5.56 Å². The Hall–Kier alpha value is -1.58. The Morgan fingerprint density at radius 3 is 2.81 bits per heavy atom. The summed E-state index contributed by atoms with van der Waals surface area (Å²) in [5.41, 5.74) is 0.0874. The molecule has 0 fully saturated rings. The summed E-state index contributed by atoms with van der Waals surface area (Å²) in [6.07, 6.45) is 0. The van der Waals surface area contributed by atoms with Crippen LogP contribution in [0.5, 0.6) is 5.88 Å². The maximum atomic E-state index is 11.2. The van der Waals surface area contributed by atoms with Crippen molar-refractivity contribution in [2.24, 2.45) is 0 Å². The molecule has 0 radical (unpaired) electrons. The number of rotatable bonds is 1. The summed E-state index contributed by atoms with van der Waals surface area (Å²) in [4.78, 5) is 14.2. The van der Waals surface area contributed by atoms with E-state index in [1.54, 1.807) is 6.07 Å². The third-order valence-electron chi connectivity index (χ3n) is 1.97. The molecule has 0 atom stereocenters. The zero-order valence-electron chi connectivity index (χ0n) is 7.82. The van der Waals surface area contributed by atoms with E-state index in [1.807, 2.05) is 12.1 Å². The lowest BCUT2D eigenvalue weighted by Gasteiger charge is -2.01. The van der Waals surface area contributed by atoms with Crippen molar-refractivity contribution in [1.82, 2.24) is 4.98 Å². The van der Waals surface area contributed by atoms with Crippen molar-refractivity contribution in [2.75, 3.05) is 0 Å². The van der Waals surface area contributed by atoms with Gasteiger partial charge in [0.15, 0.2) is 0 Å². The first-order valence-electron chi connectivity index (χ1n) is 4.24. The van der Waals surface area contributed by atoms with E-state index in [1.165, 1.54) is 17.4 Å². The summed E-state index contributed by atoms with van der Waals surface area (Å²) in [6.45, 7) is 0. The van der Waals surface area contributed by atoms with Gasteiger partial charge < -0.3 is 5.11 Å². The molecule has 0 aliphatic rings. The Kier molecular flexibility index (Phi) is 2.81. The van der Waals surface area contributed by atoms with E-state index in [0.717, 1.165) is 8.66 Å². The number of hydrogen-bond donors (Lipinski definition) is 2. The van der Waals surface area contributed by atoms with Crippen molar-refractivity contribution in [1.29, 1.82) is 5.26 Å². The van der Waals surface area contributed by atoms with Crippen LogP contribution in [0.25, 0.3) is 10.4 Å². The molecule has 6 heteroatoms. The molecule has 80 valence electrons. The van der Waals surface area contributed by atoms with E-state index in [-0.39, 0.29) is 5.56 Å². The van der Waals surface area contributed by atoms with Crippen molar-refractivity contribution in [3.8, 4) is 22.4 Å². The number of halogens is 1. The van der Waals surface area contributed by atoms with Gasteiger partial charge in [0.2, 0.25) is 5.88 Å². The summed E-state index contributed by atoms with van der Waals surface area (Å²) in [6, 6.07) is 6.77. The summed E-state index contributed by atoms with van der Waals surface area (Å²) < 4.78 is 0.895. The lowest BCUT2D eigenvalue weighted by molar-refractivity contribution is 0.450. The number of nitrogens with zero attached hydrogens (tertiary/aromatic N) is 1. The molecule has 2 N–H and O–H groups in total. The van der Waals surface area contributed by atoms with Crippen LogP contribution in [0.4, 0.5) is 0 Å². The number of nitrogens with one attached hydrogen (secondary N) is 1. The van der Waals surface area contributed by atoms with Crippen molar-refractivity contribution < 1.29 is 5.11 Å². The summed E-state index contributed by atoms with van der Waals surface area (Å²) in [7, 11) is 0. The number of aromatic amines is 1. The van der Waals surface area contributed by atoms with Crippen LogP contribution in [-0.4, -0.2) is 10.1 Å². The third kappa shape index (κ3) is 1.87. The molecule has 2 rings (SSSR count). The second kappa shape index (κ2) is 4.12. The highest BCUT2D eigenvalue weighted by Crippen LogP contribution is 2.34. The van der Waals surface area contributed by atoms with Crippen LogP contribution >= 0.6 is 27.3 Å². The molecular formula is C10H5BrN2O2S. The molecule has 0 aliphatic heterocycles. The molecular weight excluding hydrogens is 292 g/mol. The van der Waals surface area contributed by atoms with Gasteiger partial charge >= 0.3 is 0 Å². The molecule has 0 saturated carbocycles. The highest BCUT2D eigenvalue weighted by Gasteiger charge is 2.13. The standard InChI is InChI=1S/C10H5BrN2O2S/c11-8-2-1-7(16-8)5-3-9(14)13-10(15)6(5)4-12/h1-3H,(H2,13,14,15). The zero-order valence-corrected chi connectivity index (χ0v) is 10.2. The number of thiophene rings is 1. The Labute approximate surface area is 103 Å². The van der Waals surface area contributed by atoms with Crippen LogP contribution in [0.2, 0.25) is 0 Å². The second-order valence-corrected chi connectivity index (χ2v) is 5.45. The van der Waals surface area contributed by atoms with Gasteiger partial charge in [0, 0.05) is 16.5 Å². The van der Waals surface area contributed by atoms with E-state index >= 15 is 0 Å². The van der Waals surface area contributed by atoms with Crippen molar-refractivity contribution in [3.63, 3.8) is 0 Å². The van der Waals surface area contributed by atoms with Gasteiger partial charge in [0.1, 0.15) is 11.6 Å². The minimum atomic E-state index is -0.434. The normalized spacial score (nSPS) is 10.0. The Balaban J connectivity index is 2.74. The lowest BCUT2D eigenvalue weighted by atomic mass is 10.1. The van der Waals surface area contributed by atoms with Gasteiger partial charge in [-0.2, -0.15) is 5.26 Å². The predicted octanol–water partition coefficient (Wildman–Crippen LogP) is 2.44. The molecule has 2 aromatic rings. The van der Waals surface area contributed by atoms with Crippen LogP contribution in [0.15, 0.2) is 26.8 Å². The zero-order chi connectivity index (χ0) is 11.7. The topological polar surface area (TPSA) is 76.9 Å². The predicted molar refractivity (Wildman–Crippen MR) is 64.5 cm³/mol. The van der Waals surface area contributed by atoms with Crippen LogP contribution < -0.4 is 5.56 Å². The van der Waals surface area contributed by atoms with E-state index in [4.69, 9.17) is 5.26 Å². The van der Waals surface area contributed by atoms with Crippen LogP contribution in [-0.2, 0) is 0 Å². The Bertz CT molecular complexity index is 639. The highest BCUT2D eigenvalue weighted by atomic mass is 79.9. The average Bonchev–Trinajstić information content (AvgIpc) is 2.63. The Morgan fingerprint density at radius 1 is 1.50 bits per heavy atom. The van der Waals surface area contributed by atoms with E-state index in [0.29, 0.717) is 5.56 Å². The first kappa shape index (κ1) is 10.9. The van der Waals surface area contributed by atoms with Gasteiger partial charge in [-0.05, 0) is 28.1 Å². The maximum Gasteiger partial charge on any atom is 0.251 e. The number of H-pyrrole nitrogens is 1. The smallest absolute Gasteiger partial charge is 0.251 e. The first-order chi connectivity index (χ1) is 7.61. The average molecular weight is 297 g/mol. The number of hydrogen-bond acceptors (Lipinski definition) is 4. The van der Waals surface area contributed by atoms with Crippen molar-refractivity contribution in [2.45, 2.75) is 0 Å². The monoisotopic (exact) mass is 296 g/mol. The highest BCUT2D eigenvalue weighted by molar-refractivity contribution is 9.11. The third-order valence-corrected chi connectivity index (χ3v) is 3.63. The fourth-order valence-electron chi connectivity index (χ4n) is 1.31. The minimum absolute atomic E-state index is 0.0777. The number of nitriles is 1. The van der Waals surface area contributed by atoms with Gasteiger partial charge in [-0.3, -0.25) is 9.78 Å². The molecule has 16 heavy (non-hydrogen) atoms.